The molecule has 4 nitrogen and oxygen atoms in total. The molecule has 1 aliphatic rings. The maximum atomic E-state index is 12.8. The molecule has 3 aromatic carbocycles. The van der Waals surface area contributed by atoms with E-state index in [4.69, 9.17) is 9.97 Å². The first kappa shape index (κ1) is 19.6. The molecule has 5 rings (SSSR count). The first-order valence-electron chi connectivity index (χ1n) is 10.3. The van der Waals surface area contributed by atoms with Crippen LogP contribution in [0.5, 0.6) is 0 Å². The number of rotatable bonds is 4. The molecule has 1 amide bonds. The van der Waals surface area contributed by atoms with Gasteiger partial charge in [0.1, 0.15) is 5.69 Å². The minimum atomic E-state index is -0.107. The molecule has 1 aromatic heterocycles. The maximum absolute atomic E-state index is 12.8. The van der Waals surface area contributed by atoms with Gasteiger partial charge >= 0.3 is 0 Å². The zero-order valence-corrected chi connectivity index (χ0v) is 18.4. The molecule has 0 aliphatic heterocycles. The van der Waals surface area contributed by atoms with Crippen LogP contribution in [0.3, 0.4) is 0 Å². The molecule has 1 heterocycles. The third-order valence-corrected chi connectivity index (χ3v) is 5.98. The first-order chi connectivity index (χ1) is 15.2. The van der Waals surface area contributed by atoms with Crippen molar-refractivity contribution >= 4 is 27.7 Å². The third-order valence-electron chi connectivity index (χ3n) is 5.45. The van der Waals surface area contributed by atoms with Crippen LogP contribution in [0.1, 0.15) is 16.8 Å². The molecule has 0 saturated carbocycles. The molecule has 152 valence electrons. The molecular weight excluding hydrogens is 450 g/mol. The van der Waals surface area contributed by atoms with Crippen LogP contribution < -0.4 is 5.32 Å². The number of halogens is 1. The largest absolute Gasteiger partial charge is 0.309 e. The molecular formula is C26H20BrN3O. The number of hydrogen-bond donors (Lipinski definition) is 1. The fourth-order valence-corrected chi connectivity index (χ4v) is 4.20. The average molecular weight is 470 g/mol. The third kappa shape index (κ3) is 4.14. The predicted molar refractivity (Wildman–Crippen MR) is 127 cm³/mol. The van der Waals surface area contributed by atoms with E-state index in [9.17, 15) is 4.79 Å². The Hall–Kier alpha value is -3.31. The molecule has 31 heavy (non-hydrogen) atoms. The van der Waals surface area contributed by atoms with Gasteiger partial charge in [0.15, 0.2) is 5.82 Å². The number of fused-ring (bicyclic) bond motifs is 3. The Labute approximate surface area is 189 Å². The molecule has 0 atom stereocenters. The Morgan fingerprint density at radius 3 is 2.39 bits per heavy atom. The Morgan fingerprint density at radius 1 is 0.839 bits per heavy atom. The van der Waals surface area contributed by atoms with Crippen LogP contribution >= 0.6 is 15.9 Å². The van der Waals surface area contributed by atoms with Crippen LogP contribution in [0.4, 0.5) is 5.82 Å². The lowest BCUT2D eigenvalue weighted by Crippen LogP contribution is -2.18. The fourth-order valence-electron chi connectivity index (χ4n) is 3.93. The first-order valence-corrected chi connectivity index (χ1v) is 11.1. The second-order valence-corrected chi connectivity index (χ2v) is 8.51. The highest BCUT2D eigenvalue weighted by Gasteiger charge is 2.22. The number of aromatic nitrogens is 2. The molecule has 5 heteroatoms. The summed E-state index contributed by atoms with van der Waals surface area (Å²) in [6, 6.07) is 26.0. The summed E-state index contributed by atoms with van der Waals surface area (Å²) in [5, 5.41) is 3.02. The number of aryl methyl sites for hydroxylation is 2. The van der Waals surface area contributed by atoms with Gasteiger partial charge in [0.2, 0.25) is 5.91 Å². The molecule has 4 aromatic rings. The lowest BCUT2D eigenvalue weighted by atomic mass is 9.91. The monoisotopic (exact) mass is 469 g/mol. The van der Waals surface area contributed by atoms with Gasteiger partial charge in [-0.3, -0.25) is 4.79 Å². The van der Waals surface area contributed by atoms with Crippen molar-refractivity contribution in [3.05, 3.63) is 100 Å². The van der Waals surface area contributed by atoms with Gasteiger partial charge in [0.05, 0.1) is 17.8 Å². The van der Waals surface area contributed by atoms with Gasteiger partial charge < -0.3 is 5.32 Å². The summed E-state index contributed by atoms with van der Waals surface area (Å²) in [7, 11) is 0. The highest BCUT2D eigenvalue weighted by molar-refractivity contribution is 9.10. The number of anilines is 1. The predicted octanol–water partition coefficient (Wildman–Crippen LogP) is 5.85. The summed E-state index contributed by atoms with van der Waals surface area (Å²) in [6.45, 7) is 0. The van der Waals surface area contributed by atoms with Crippen molar-refractivity contribution in [1.82, 2.24) is 9.97 Å². The SMILES string of the molecule is O=C(Cc1ccc(Br)cc1)Nc1nc2c(nc1-c1ccccc1)-c1ccccc1CC2. The number of nitrogens with zero attached hydrogens (tertiary/aromatic N) is 2. The highest BCUT2D eigenvalue weighted by atomic mass is 79.9. The van der Waals surface area contributed by atoms with E-state index in [0.717, 1.165) is 45.4 Å². The number of nitrogens with one attached hydrogen (secondary N) is 1. The van der Waals surface area contributed by atoms with E-state index in [2.05, 4.69) is 39.4 Å². The van der Waals surface area contributed by atoms with Crippen molar-refractivity contribution in [2.45, 2.75) is 19.3 Å². The lowest BCUT2D eigenvalue weighted by Gasteiger charge is -2.21. The van der Waals surface area contributed by atoms with Crippen molar-refractivity contribution < 1.29 is 4.79 Å². The van der Waals surface area contributed by atoms with E-state index in [0.29, 0.717) is 11.5 Å². The molecule has 1 N–H and O–H groups in total. The molecule has 0 bridgehead atoms. The smallest absolute Gasteiger partial charge is 0.230 e. The summed E-state index contributed by atoms with van der Waals surface area (Å²) in [5.41, 5.74) is 6.82. The molecule has 0 fully saturated rings. The molecule has 1 aliphatic carbocycles. The summed E-state index contributed by atoms with van der Waals surface area (Å²) < 4.78 is 0.990. The van der Waals surface area contributed by atoms with Crippen molar-refractivity contribution in [3.63, 3.8) is 0 Å². The molecule has 0 spiro atoms. The van der Waals surface area contributed by atoms with Gasteiger partial charge in [0.25, 0.3) is 0 Å². The van der Waals surface area contributed by atoms with E-state index in [1.807, 2.05) is 60.7 Å². The minimum absolute atomic E-state index is 0.107. The van der Waals surface area contributed by atoms with Gasteiger partial charge in [-0.2, -0.15) is 0 Å². The molecule has 0 saturated heterocycles. The number of benzene rings is 3. The Balaban J connectivity index is 1.53. The number of carbonyl (C=O) groups excluding carboxylic acids is 1. The summed E-state index contributed by atoms with van der Waals surface area (Å²) in [6.07, 6.45) is 2.02. The lowest BCUT2D eigenvalue weighted by molar-refractivity contribution is -0.115. The zero-order chi connectivity index (χ0) is 21.2. The van der Waals surface area contributed by atoms with Gasteiger partial charge in [-0.05, 0) is 36.1 Å². The van der Waals surface area contributed by atoms with Crippen LogP contribution in [-0.2, 0) is 24.1 Å². The summed E-state index contributed by atoms with van der Waals surface area (Å²) in [5.74, 6) is 0.413. The number of hydrogen-bond acceptors (Lipinski definition) is 3. The van der Waals surface area contributed by atoms with E-state index in [-0.39, 0.29) is 12.3 Å². The normalized spacial score (nSPS) is 12.0. The van der Waals surface area contributed by atoms with Crippen LogP contribution in [0.25, 0.3) is 22.5 Å². The summed E-state index contributed by atoms with van der Waals surface area (Å²) in [4.78, 5) is 22.7. The Bertz CT molecular complexity index is 1250. The van der Waals surface area contributed by atoms with E-state index >= 15 is 0 Å². The Morgan fingerprint density at radius 2 is 1.58 bits per heavy atom. The minimum Gasteiger partial charge on any atom is -0.309 e. The second-order valence-electron chi connectivity index (χ2n) is 7.59. The number of amides is 1. The van der Waals surface area contributed by atoms with Gasteiger partial charge in [-0.15, -0.1) is 0 Å². The van der Waals surface area contributed by atoms with Gasteiger partial charge in [-0.25, -0.2) is 9.97 Å². The van der Waals surface area contributed by atoms with Crippen molar-refractivity contribution in [3.8, 4) is 22.5 Å². The maximum Gasteiger partial charge on any atom is 0.230 e. The van der Waals surface area contributed by atoms with Crippen LogP contribution in [0.2, 0.25) is 0 Å². The van der Waals surface area contributed by atoms with Crippen molar-refractivity contribution in [1.29, 1.82) is 0 Å². The quantitative estimate of drug-likeness (QED) is 0.407. The molecule has 0 unspecified atom stereocenters. The topological polar surface area (TPSA) is 54.9 Å². The van der Waals surface area contributed by atoms with Gasteiger partial charge in [0, 0.05) is 15.6 Å². The molecule has 0 radical (unpaired) electrons. The van der Waals surface area contributed by atoms with Gasteiger partial charge in [-0.1, -0.05) is 82.7 Å². The van der Waals surface area contributed by atoms with E-state index < -0.39 is 0 Å². The number of carbonyl (C=O) groups is 1. The highest BCUT2D eigenvalue weighted by Crippen LogP contribution is 2.35. The van der Waals surface area contributed by atoms with E-state index in [1.54, 1.807) is 0 Å². The summed E-state index contributed by atoms with van der Waals surface area (Å²) >= 11 is 3.43. The zero-order valence-electron chi connectivity index (χ0n) is 16.8. The van der Waals surface area contributed by atoms with Crippen molar-refractivity contribution in [2.75, 3.05) is 5.32 Å². The Kier molecular flexibility index (Phi) is 5.35. The average Bonchev–Trinajstić information content (AvgIpc) is 2.80. The van der Waals surface area contributed by atoms with Crippen LogP contribution in [0.15, 0.2) is 83.3 Å². The van der Waals surface area contributed by atoms with E-state index in [1.165, 1.54) is 5.56 Å². The second kappa shape index (κ2) is 8.44. The standard InChI is InChI=1S/C26H20BrN3O/c27-20-13-10-17(11-14-20)16-23(31)29-26-24(19-7-2-1-3-8-19)30-25-21-9-5-4-6-18(21)12-15-22(25)28-26/h1-11,13-14H,12,15-16H2,(H,28,29,31). The van der Waals surface area contributed by atoms with Crippen molar-refractivity contribution in [2.24, 2.45) is 0 Å². The van der Waals surface area contributed by atoms with Crippen LogP contribution in [-0.4, -0.2) is 15.9 Å². The fraction of sp³-hybridized carbons (Fsp3) is 0.115. The van der Waals surface area contributed by atoms with Crippen LogP contribution in [0, 0.1) is 0 Å².